The quantitative estimate of drug-likeness (QED) is 0.587. The average molecular weight is 489 g/mol. The number of amides is 1. The molecular formula is C21H23Cl2FN2O4S. The zero-order valence-corrected chi connectivity index (χ0v) is 19.2. The van der Waals surface area contributed by atoms with Gasteiger partial charge < -0.3 is 10.1 Å². The van der Waals surface area contributed by atoms with Crippen molar-refractivity contribution in [1.29, 1.82) is 0 Å². The maximum Gasteiger partial charge on any atom is 0.243 e. The highest BCUT2D eigenvalue weighted by Crippen LogP contribution is 2.32. The number of carbonyl (C=O) groups excluding carboxylic acids is 1. The summed E-state index contributed by atoms with van der Waals surface area (Å²) in [4.78, 5) is 12.7. The van der Waals surface area contributed by atoms with E-state index < -0.39 is 21.7 Å². The number of carbonyl (C=O) groups is 1. The lowest BCUT2D eigenvalue weighted by Crippen LogP contribution is -2.45. The van der Waals surface area contributed by atoms with Gasteiger partial charge in [-0.05, 0) is 49.2 Å². The van der Waals surface area contributed by atoms with Crippen molar-refractivity contribution < 1.29 is 22.3 Å². The Kier molecular flexibility index (Phi) is 7.80. The van der Waals surface area contributed by atoms with Gasteiger partial charge in [0, 0.05) is 11.7 Å². The normalized spacial score (nSPS) is 15.1. The van der Waals surface area contributed by atoms with Crippen LogP contribution in [0.2, 0.25) is 10.0 Å². The molecule has 0 heterocycles. The molecular weight excluding hydrogens is 466 g/mol. The summed E-state index contributed by atoms with van der Waals surface area (Å²) in [6, 6.07) is 7.68. The standard InChI is InChI=1S/C21H23Cl2FN2O4S/c1-30-20-10-8-16(12-18(20)23)31(28,29)26(15-5-3-2-4-6-15)13-21(27)25-14-7-9-19(24)17(22)11-14/h7-12,15H,2-6,13H2,1H3,(H,25,27). The number of anilines is 1. The van der Waals surface area contributed by atoms with E-state index in [-0.39, 0.29) is 33.2 Å². The number of halogens is 3. The summed E-state index contributed by atoms with van der Waals surface area (Å²) in [7, 11) is -2.56. The maximum absolute atomic E-state index is 13.4. The van der Waals surface area contributed by atoms with Crippen LogP contribution in [0.5, 0.6) is 5.75 Å². The van der Waals surface area contributed by atoms with Gasteiger partial charge in [0.25, 0.3) is 0 Å². The number of rotatable bonds is 7. The Labute approximate surface area is 191 Å². The molecule has 1 aliphatic rings. The lowest BCUT2D eigenvalue weighted by molar-refractivity contribution is -0.116. The Morgan fingerprint density at radius 2 is 1.84 bits per heavy atom. The molecule has 3 rings (SSSR count). The molecule has 10 heteroatoms. The minimum Gasteiger partial charge on any atom is -0.495 e. The number of hydrogen-bond donors (Lipinski definition) is 1. The fraction of sp³-hybridized carbons (Fsp3) is 0.381. The van der Waals surface area contributed by atoms with Crippen LogP contribution in [0.3, 0.4) is 0 Å². The minimum atomic E-state index is -4.00. The topological polar surface area (TPSA) is 75.7 Å². The van der Waals surface area contributed by atoms with Crippen molar-refractivity contribution in [3.63, 3.8) is 0 Å². The van der Waals surface area contributed by atoms with Crippen LogP contribution < -0.4 is 10.1 Å². The molecule has 0 bridgehead atoms. The zero-order chi connectivity index (χ0) is 22.6. The molecule has 1 amide bonds. The van der Waals surface area contributed by atoms with E-state index in [1.165, 1.54) is 41.7 Å². The largest absolute Gasteiger partial charge is 0.495 e. The van der Waals surface area contributed by atoms with Crippen LogP contribution in [0, 0.1) is 5.82 Å². The summed E-state index contributed by atoms with van der Waals surface area (Å²) in [5, 5.41) is 2.62. The number of sulfonamides is 1. The summed E-state index contributed by atoms with van der Waals surface area (Å²) >= 11 is 11.9. The Balaban J connectivity index is 1.87. The lowest BCUT2D eigenvalue weighted by atomic mass is 9.95. The Bertz CT molecular complexity index is 1060. The molecule has 2 aromatic rings. The monoisotopic (exact) mass is 488 g/mol. The highest BCUT2D eigenvalue weighted by atomic mass is 35.5. The summed E-state index contributed by atoms with van der Waals surface area (Å²) < 4.78 is 46.6. The van der Waals surface area contributed by atoms with Crippen LogP contribution in [-0.2, 0) is 14.8 Å². The number of benzene rings is 2. The molecule has 0 unspecified atom stereocenters. The van der Waals surface area contributed by atoms with Gasteiger partial charge in [0.05, 0.1) is 28.6 Å². The van der Waals surface area contributed by atoms with Gasteiger partial charge in [-0.25, -0.2) is 12.8 Å². The molecule has 1 fully saturated rings. The number of nitrogens with zero attached hydrogens (tertiary/aromatic N) is 1. The number of ether oxygens (including phenoxy) is 1. The third-order valence-electron chi connectivity index (χ3n) is 5.21. The van der Waals surface area contributed by atoms with Crippen molar-refractivity contribution in [3.05, 3.63) is 52.3 Å². The molecule has 1 saturated carbocycles. The predicted molar refractivity (Wildman–Crippen MR) is 119 cm³/mol. The molecule has 0 radical (unpaired) electrons. The molecule has 31 heavy (non-hydrogen) atoms. The molecule has 0 aromatic heterocycles. The molecule has 0 atom stereocenters. The first kappa shape index (κ1) is 23.8. The molecule has 168 valence electrons. The smallest absolute Gasteiger partial charge is 0.243 e. The summed E-state index contributed by atoms with van der Waals surface area (Å²) in [6.45, 7) is -0.383. The second-order valence-corrected chi connectivity index (χ2v) is 10.0. The van der Waals surface area contributed by atoms with Gasteiger partial charge in [0.2, 0.25) is 15.9 Å². The van der Waals surface area contributed by atoms with Crippen molar-refractivity contribution in [1.82, 2.24) is 4.31 Å². The van der Waals surface area contributed by atoms with E-state index in [1.807, 2.05) is 0 Å². The number of hydrogen-bond acceptors (Lipinski definition) is 4. The van der Waals surface area contributed by atoms with Gasteiger partial charge in [-0.15, -0.1) is 0 Å². The average Bonchev–Trinajstić information content (AvgIpc) is 2.75. The molecule has 2 aromatic carbocycles. The summed E-state index contributed by atoms with van der Waals surface area (Å²) in [6.07, 6.45) is 4.13. The highest BCUT2D eigenvalue weighted by molar-refractivity contribution is 7.89. The Morgan fingerprint density at radius 3 is 2.45 bits per heavy atom. The van der Waals surface area contributed by atoms with Gasteiger partial charge >= 0.3 is 0 Å². The van der Waals surface area contributed by atoms with Gasteiger partial charge in [-0.2, -0.15) is 4.31 Å². The van der Waals surface area contributed by atoms with E-state index in [0.717, 1.165) is 25.3 Å². The van der Waals surface area contributed by atoms with Crippen molar-refractivity contribution in [2.24, 2.45) is 0 Å². The maximum atomic E-state index is 13.4. The van der Waals surface area contributed by atoms with Crippen LogP contribution in [0.4, 0.5) is 10.1 Å². The summed E-state index contributed by atoms with van der Waals surface area (Å²) in [5.41, 5.74) is 0.282. The van der Waals surface area contributed by atoms with E-state index in [9.17, 15) is 17.6 Å². The van der Waals surface area contributed by atoms with E-state index >= 15 is 0 Å². The number of methoxy groups -OCH3 is 1. The Hall–Kier alpha value is -1.87. The van der Waals surface area contributed by atoms with Gasteiger partial charge in [0.15, 0.2) is 0 Å². The van der Waals surface area contributed by atoms with Gasteiger partial charge in [0.1, 0.15) is 11.6 Å². The molecule has 6 nitrogen and oxygen atoms in total. The third-order valence-corrected chi connectivity index (χ3v) is 7.69. The fourth-order valence-electron chi connectivity index (χ4n) is 3.64. The molecule has 1 N–H and O–H groups in total. The fourth-order valence-corrected chi connectivity index (χ4v) is 5.81. The predicted octanol–water partition coefficient (Wildman–Crippen LogP) is 5.10. The summed E-state index contributed by atoms with van der Waals surface area (Å²) in [5.74, 6) is -0.797. The van der Waals surface area contributed by atoms with Crippen LogP contribution in [0.15, 0.2) is 41.3 Å². The first-order valence-electron chi connectivity index (χ1n) is 9.82. The SMILES string of the molecule is COc1ccc(S(=O)(=O)N(CC(=O)Nc2ccc(F)c(Cl)c2)C2CCCCC2)cc1Cl. The first-order chi connectivity index (χ1) is 14.7. The van der Waals surface area contributed by atoms with E-state index in [4.69, 9.17) is 27.9 Å². The molecule has 0 saturated heterocycles. The third kappa shape index (κ3) is 5.68. The van der Waals surface area contributed by atoms with Crippen LogP contribution in [0.1, 0.15) is 32.1 Å². The van der Waals surface area contributed by atoms with Crippen molar-refractivity contribution >= 4 is 44.8 Å². The van der Waals surface area contributed by atoms with Gasteiger partial charge in [-0.1, -0.05) is 42.5 Å². The van der Waals surface area contributed by atoms with E-state index in [0.29, 0.717) is 18.6 Å². The van der Waals surface area contributed by atoms with Crippen LogP contribution >= 0.6 is 23.2 Å². The Morgan fingerprint density at radius 1 is 1.13 bits per heavy atom. The van der Waals surface area contributed by atoms with Crippen molar-refractivity contribution in [2.75, 3.05) is 19.0 Å². The van der Waals surface area contributed by atoms with Crippen LogP contribution in [-0.4, -0.2) is 38.3 Å². The van der Waals surface area contributed by atoms with E-state index in [2.05, 4.69) is 5.32 Å². The molecule has 1 aliphatic carbocycles. The first-order valence-corrected chi connectivity index (χ1v) is 12.0. The zero-order valence-electron chi connectivity index (χ0n) is 16.9. The lowest BCUT2D eigenvalue weighted by Gasteiger charge is -2.33. The van der Waals surface area contributed by atoms with Crippen LogP contribution in [0.25, 0.3) is 0 Å². The molecule has 0 spiro atoms. The van der Waals surface area contributed by atoms with E-state index in [1.54, 1.807) is 0 Å². The minimum absolute atomic E-state index is 0.0125. The van der Waals surface area contributed by atoms with Gasteiger partial charge in [-0.3, -0.25) is 4.79 Å². The highest BCUT2D eigenvalue weighted by Gasteiger charge is 2.34. The number of nitrogens with one attached hydrogen (secondary N) is 1. The second-order valence-electron chi connectivity index (χ2n) is 7.32. The second kappa shape index (κ2) is 10.2. The van der Waals surface area contributed by atoms with Crippen molar-refractivity contribution in [2.45, 2.75) is 43.0 Å². The van der Waals surface area contributed by atoms with Crippen molar-refractivity contribution in [3.8, 4) is 5.75 Å². The molecule has 0 aliphatic heterocycles.